The van der Waals surface area contributed by atoms with E-state index in [1.165, 1.54) is 21.3 Å². The summed E-state index contributed by atoms with van der Waals surface area (Å²) in [5.74, 6) is -1.02. The monoisotopic (exact) mass is 409 g/mol. The Labute approximate surface area is 169 Å². The molecular formula is C21H16ClN3O4. The van der Waals surface area contributed by atoms with Crippen LogP contribution in [0.25, 0.3) is 11.1 Å². The molecule has 2 aromatic heterocycles. The summed E-state index contributed by atoms with van der Waals surface area (Å²) in [4.78, 5) is 36.7. The van der Waals surface area contributed by atoms with Crippen LogP contribution in [0.2, 0.25) is 5.02 Å². The van der Waals surface area contributed by atoms with Crippen LogP contribution in [0.15, 0.2) is 80.9 Å². The summed E-state index contributed by atoms with van der Waals surface area (Å²) >= 11 is 6.17. The molecule has 0 radical (unpaired) electrons. The van der Waals surface area contributed by atoms with Gasteiger partial charge < -0.3 is 14.3 Å². The first-order valence-electron chi connectivity index (χ1n) is 8.83. The van der Waals surface area contributed by atoms with Gasteiger partial charge in [0.25, 0.3) is 5.56 Å². The number of pyridine rings is 1. The molecule has 0 fully saturated rings. The lowest BCUT2D eigenvalue weighted by Crippen LogP contribution is -2.26. The van der Waals surface area contributed by atoms with Gasteiger partial charge in [-0.05, 0) is 29.8 Å². The third kappa shape index (κ3) is 4.00. The third-order valence-corrected chi connectivity index (χ3v) is 4.81. The lowest BCUT2D eigenvalue weighted by Gasteiger charge is -2.11. The summed E-state index contributed by atoms with van der Waals surface area (Å²) in [6, 6.07) is 17.0. The van der Waals surface area contributed by atoms with Crippen molar-refractivity contribution in [2.75, 3.05) is 5.32 Å². The highest BCUT2D eigenvalue weighted by Gasteiger charge is 2.13. The van der Waals surface area contributed by atoms with Crippen LogP contribution >= 0.6 is 11.6 Å². The molecule has 29 heavy (non-hydrogen) atoms. The summed E-state index contributed by atoms with van der Waals surface area (Å²) < 4.78 is 7.84. The minimum Gasteiger partial charge on any atom is -0.408 e. The number of halogens is 1. The highest BCUT2D eigenvalue weighted by Crippen LogP contribution is 2.16. The fourth-order valence-corrected chi connectivity index (χ4v) is 3.24. The van der Waals surface area contributed by atoms with Crippen LogP contribution in [0.5, 0.6) is 0 Å². The van der Waals surface area contributed by atoms with Gasteiger partial charge in [0.05, 0.1) is 17.7 Å². The van der Waals surface area contributed by atoms with Gasteiger partial charge in [0.15, 0.2) is 5.58 Å². The van der Waals surface area contributed by atoms with Crippen molar-refractivity contribution in [1.82, 2.24) is 9.13 Å². The van der Waals surface area contributed by atoms with Gasteiger partial charge in [-0.25, -0.2) is 4.79 Å². The predicted molar refractivity (Wildman–Crippen MR) is 110 cm³/mol. The normalized spacial score (nSPS) is 10.9. The molecule has 1 amide bonds. The molecule has 7 nitrogen and oxygen atoms in total. The second-order valence-electron chi connectivity index (χ2n) is 6.45. The minimum atomic E-state index is -0.606. The molecule has 0 spiro atoms. The molecule has 146 valence electrons. The number of nitrogens with one attached hydrogen (secondary N) is 1. The van der Waals surface area contributed by atoms with E-state index < -0.39 is 11.7 Å². The number of aromatic nitrogens is 2. The van der Waals surface area contributed by atoms with Crippen LogP contribution in [0.1, 0.15) is 5.56 Å². The first-order valence-corrected chi connectivity index (χ1v) is 9.21. The Morgan fingerprint density at radius 2 is 1.76 bits per heavy atom. The predicted octanol–water partition coefficient (Wildman–Crippen LogP) is 3.10. The number of rotatable bonds is 5. The van der Waals surface area contributed by atoms with Crippen molar-refractivity contribution in [2.45, 2.75) is 13.1 Å². The van der Waals surface area contributed by atoms with Crippen LogP contribution < -0.4 is 16.6 Å². The van der Waals surface area contributed by atoms with Gasteiger partial charge in [0.1, 0.15) is 6.54 Å². The van der Waals surface area contributed by atoms with Crippen molar-refractivity contribution in [3.05, 3.63) is 98.4 Å². The molecule has 4 aromatic rings. The lowest BCUT2D eigenvalue weighted by molar-refractivity contribution is -0.116. The van der Waals surface area contributed by atoms with E-state index in [0.717, 1.165) is 5.56 Å². The number of anilines is 1. The summed E-state index contributed by atoms with van der Waals surface area (Å²) in [7, 11) is 0. The Morgan fingerprint density at radius 1 is 1.00 bits per heavy atom. The first kappa shape index (κ1) is 18.8. The molecule has 0 bridgehead atoms. The molecule has 0 aliphatic heterocycles. The van der Waals surface area contributed by atoms with Gasteiger partial charge in [-0.15, -0.1) is 0 Å². The molecule has 0 aliphatic carbocycles. The minimum absolute atomic E-state index is 0.209. The molecule has 2 heterocycles. The fourth-order valence-electron chi connectivity index (χ4n) is 3.05. The van der Waals surface area contributed by atoms with Crippen molar-refractivity contribution in [2.24, 2.45) is 0 Å². The van der Waals surface area contributed by atoms with E-state index in [1.54, 1.807) is 36.5 Å². The van der Waals surface area contributed by atoms with E-state index in [1.807, 2.05) is 18.2 Å². The molecule has 0 atom stereocenters. The number of para-hydroxylation sites is 2. The van der Waals surface area contributed by atoms with Crippen LogP contribution in [0.3, 0.4) is 0 Å². The smallest absolute Gasteiger partial charge is 0.408 e. The van der Waals surface area contributed by atoms with Crippen molar-refractivity contribution in [3.63, 3.8) is 0 Å². The maximum atomic E-state index is 12.5. The fraction of sp³-hybridized carbons (Fsp3) is 0.0952. The second kappa shape index (κ2) is 7.81. The molecule has 8 heteroatoms. The first-order chi connectivity index (χ1) is 14.0. The number of carbonyl (C=O) groups is 1. The summed E-state index contributed by atoms with van der Waals surface area (Å²) in [5, 5.41) is 3.26. The third-order valence-electron chi connectivity index (χ3n) is 4.44. The Kier molecular flexibility index (Phi) is 5.05. The quantitative estimate of drug-likeness (QED) is 0.548. The van der Waals surface area contributed by atoms with Crippen LogP contribution in [-0.4, -0.2) is 15.0 Å². The number of hydrogen-bond acceptors (Lipinski definition) is 4. The number of fused-ring (bicyclic) bond motifs is 1. The van der Waals surface area contributed by atoms with Crippen molar-refractivity contribution in [3.8, 4) is 0 Å². The Morgan fingerprint density at radius 3 is 2.59 bits per heavy atom. The summed E-state index contributed by atoms with van der Waals surface area (Å²) in [5.41, 5.74) is 1.95. The molecule has 0 aliphatic rings. The maximum absolute atomic E-state index is 12.5. The number of benzene rings is 2. The summed E-state index contributed by atoms with van der Waals surface area (Å²) in [6.45, 7) is 0.0630. The Bertz CT molecular complexity index is 1320. The zero-order valence-corrected chi connectivity index (χ0v) is 15.9. The van der Waals surface area contributed by atoms with Crippen LogP contribution in [0, 0.1) is 0 Å². The highest BCUT2D eigenvalue weighted by atomic mass is 35.5. The highest BCUT2D eigenvalue weighted by molar-refractivity contribution is 6.31. The van der Waals surface area contributed by atoms with Crippen LogP contribution in [-0.2, 0) is 17.9 Å². The standard InChI is InChI=1S/C21H16ClN3O4/c22-16-6-2-1-5-14(16)11-24-12-15(9-10-20(24)27)23-19(26)13-25-17-7-3-4-8-18(17)29-21(25)28/h1-10,12H,11,13H2,(H,23,26). The van der Waals surface area contributed by atoms with Gasteiger partial charge in [-0.3, -0.25) is 14.2 Å². The molecule has 0 saturated carbocycles. The largest absolute Gasteiger partial charge is 0.420 e. The Hall–Kier alpha value is -3.58. The molecule has 4 rings (SSSR count). The SMILES string of the molecule is O=C(Cn1c(=O)oc2ccccc21)Nc1ccc(=O)n(Cc2ccccc2Cl)c1. The van der Waals surface area contributed by atoms with Gasteiger partial charge in [-0.1, -0.05) is 41.9 Å². The van der Waals surface area contributed by atoms with Gasteiger partial charge >= 0.3 is 5.76 Å². The van der Waals surface area contributed by atoms with Crippen molar-refractivity contribution >= 4 is 34.3 Å². The number of oxazole rings is 1. The number of amides is 1. The van der Waals surface area contributed by atoms with Gasteiger partial charge in [-0.2, -0.15) is 0 Å². The van der Waals surface area contributed by atoms with Crippen LogP contribution in [0.4, 0.5) is 5.69 Å². The Balaban J connectivity index is 1.54. The molecule has 0 unspecified atom stereocenters. The number of hydrogen-bond donors (Lipinski definition) is 1. The number of carbonyl (C=O) groups excluding carboxylic acids is 1. The average molecular weight is 410 g/mol. The molecule has 1 N–H and O–H groups in total. The maximum Gasteiger partial charge on any atom is 0.420 e. The van der Waals surface area contributed by atoms with E-state index in [0.29, 0.717) is 21.8 Å². The van der Waals surface area contributed by atoms with Crippen molar-refractivity contribution in [1.29, 1.82) is 0 Å². The topological polar surface area (TPSA) is 86.2 Å². The van der Waals surface area contributed by atoms with E-state index >= 15 is 0 Å². The summed E-state index contributed by atoms with van der Waals surface area (Å²) in [6.07, 6.45) is 1.54. The average Bonchev–Trinajstić information content (AvgIpc) is 3.01. The van der Waals surface area contributed by atoms with Gasteiger partial charge in [0, 0.05) is 17.3 Å². The lowest BCUT2D eigenvalue weighted by atomic mass is 10.2. The molecule has 2 aromatic carbocycles. The zero-order valence-electron chi connectivity index (χ0n) is 15.2. The van der Waals surface area contributed by atoms with Crippen molar-refractivity contribution < 1.29 is 9.21 Å². The van der Waals surface area contributed by atoms with E-state index in [4.69, 9.17) is 16.0 Å². The second-order valence-corrected chi connectivity index (χ2v) is 6.85. The van der Waals surface area contributed by atoms with E-state index in [2.05, 4.69) is 5.32 Å². The van der Waals surface area contributed by atoms with E-state index in [9.17, 15) is 14.4 Å². The van der Waals surface area contributed by atoms with E-state index in [-0.39, 0.29) is 18.6 Å². The molecular weight excluding hydrogens is 394 g/mol. The van der Waals surface area contributed by atoms with Gasteiger partial charge in [0.2, 0.25) is 5.91 Å². The molecule has 0 saturated heterocycles. The zero-order chi connectivity index (χ0) is 20.4. The number of nitrogens with zero attached hydrogens (tertiary/aromatic N) is 2.